The number of anilines is 1. The van der Waals surface area contributed by atoms with Gasteiger partial charge in [-0.25, -0.2) is 0 Å². The van der Waals surface area contributed by atoms with E-state index in [4.69, 9.17) is 0 Å². The minimum Gasteiger partial charge on any atom is -0.375 e. The van der Waals surface area contributed by atoms with Crippen LogP contribution >= 0.6 is 0 Å². The molecule has 1 N–H and O–H groups in total. The fourth-order valence-electron chi connectivity index (χ4n) is 5.02. The van der Waals surface area contributed by atoms with Gasteiger partial charge < -0.3 is 10.2 Å². The van der Waals surface area contributed by atoms with Crippen molar-refractivity contribution in [1.82, 2.24) is 4.90 Å². The summed E-state index contributed by atoms with van der Waals surface area (Å²) in [6.45, 7) is 3.43. The molecule has 2 heterocycles. The number of carbonyl (C=O) groups is 1. The Balaban J connectivity index is 1.67. The zero-order valence-corrected chi connectivity index (χ0v) is 13.6. The number of para-hydroxylation sites is 1. The standard InChI is InChI=1S/C19H26N2O/c1-3-12-11-21(2)14-8-13(12)9-18(22)19-16(10-14)15-6-4-5-7-17(15)20-19/h4-7,12-14,16,19-20H,3,8-11H2,1-2H3/t12-,13-,14+,16-,19-/m0/s1. The molecule has 2 aliphatic heterocycles. The van der Waals surface area contributed by atoms with Gasteiger partial charge in [0.2, 0.25) is 0 Å². The highest BCUT2D eigenvalue weighted by Gasteiger charge is 2.44. The first kappa shape index (κ1) is 14.3. The zero-order valence-electron chi connectivity index (χ0n) is 13.6. The van der Waals surface area contributed by atoms with Gasteiger partial charge in [-0.3, -0.25) is 4.79 Å². The van der Waals surface area contributed by atoms with Crippen molar-refractivity contribution < 1.29 is 4.79 Å². The van der Waals surface area contributed by atoms with Crippen molar-refractivity contribution >= 4 is 11.5 Å². The van der Waals surface area contributed by atoms with Crippen LogP contribution in [0.1, 0.15) is 44.1 Å². The Morgan fingerprint density at radius 1 is 1.27 bits per heavy atom. The SMILES string of the molecule is CC[C@H]1CN(C)[C@@H]2C[C@H]1CC(=O)[C@H]1Nc3ccccc3[C@@H]1C2. The molecule has 5 atom stereocenters. The second kappa shape index (κ2) is 5.38. The van der Waals surface area contributed by atoms with Crippen LogP contribution in [0.3, 0.4) is 0 Å². The molecule has 0 spiro atoms. The number of hydrogen-bond acceptors (Lipinski definition) is 3. The molecular formula is C19H26N2O. The Labute approximate surface area is 133 Å². The van der Waals surface area contributed by atoms with E-state index in [9.17, 15) is 4.79 Å². The predicted octanol–water partition coefficient (Wildman–Crippen LogP) is 3.27. The molecule has 3 nitrogen and oxygen atoms in total. The molecule has 1 aromatic rings. The molecule has 0 amide bonds. The van der Waals surface area contributed by atoms with E-state index in [0.29, 0.717) is 29.6 Å². The first-order valence-electron chi connectivity index (χ1n) is 8.75. The third-order valence-electron chi connectivity index (χ3n) is 6.32. The molecule has 1 aliphatic carbocycles. The first-order chi connectivity index (χ1) is 10.7. The largest absolute Gasteiger partial charge is 0.375 e. The third kappa shape index (κ3) is 2.18. The van der Waals surface area contributed by atoms with Gasteiger partial charge in [0.05, 0.1) is 6.04 Å². The Bertz CT molecular complexity index is 585. The number of carbonyl (C=O) groups excluding carboxylic acids is 1. The number of Topliss-reactive ketones (excluding diaryl/α,β-unsaturated/α-hetero) is 1. The molecule has 0 radical (unpaired) electrons. The fourth-order valence-corrected chi connectivity index (χ4v) is 5.02. The van der Waals surface area contributed by atoms with E-state index >= 15 is 0 Å². The predicted molar refractivity (Wildman–Crippen MR) is 89.1 cm³/mol. The number of nitrogens with zero attached hydrogens (tertiary/aromatic N) is 1. The number of ketones is 1. The minimum atomic E-state index is 0.00621. The summed E-state index contributed by atoms with van der Waals surface area (Å²) >= 11 is 0. The Hall–Kier alpha value is -1.35. The highest BCUT2D eigenvalue weighted by molar-refractivity contribution is 5.90. The zero-order chi connectivity index (χ0) is 15.3. The second-order valence-electron chi connectivity index (χ2n) is 7.48. The monoisotopic (exact) mass is 298 g/mol. The number of likely N-dealkylation sites (tertiary alicyclic amines) is 1. The molecule has 2 bridgehead atoms. The summed E-state index contributed by atoms with van der Waals surface area (Å²) in [5, 5.41) is 3.52. The summed E-state index contributed by atoms with van der Waals surface area (Å²) in [6.07, 6.45) is 4.28. The highest BCUT2D eigenvalue weighted by atomic mass is 16.1. The van der Waals surface area contributed by atoms with Crippen LogP contribution in [-0.4, -0.2) is 36.4 Å². The molecule has 3 heteroatoms. The molecule has 22 heavy (non-hydrogen) atoms. The van der Waals surface area contributed by atoms with Crippen molar-refractivity contribution in [3.05, 3.63) is 29.8 Å². The van der Waals surface area contributed by atoms with Crippen molar-refractivity contribution in [3.63, 3.8) is 0 Å². The maximum atomic E-state index is 12.9. The summed E-state index contributed by atoms with van der Waals surface area (Å²) in [6, 6.07) is 9.13. The van der Waals surface area contributed by atoms with Crippen molar-refractivity contribution in [2.75, 3.05) is 18.9 Å². The number of fused-ring (bicyclic) bond motifs is 5. The summed E-state index contributed by atoms with van der Waals surface area (Å²) in [5.41, 5.74) is 2.53. The normalized spacial score (nSPS) is 37.7. The van der Waals surface area contributed by atoms with Crippen LogP contribution < -0.4 is 5.32 Å². The lowest BCUT2D eigenvalue weighted by Gasteiger charge is -2.45. The Morgan fingerprint density at radius 3 is 2.91 bits per heavy atom. The van der Waals surface area contributed by atoms with Gasteiger partial charge in [0, 0.05) is 30.6 Å². The van der Waals surface area contributed by atoms with E-state index in [0.717, 1.165) is 19.4 Å². The number of piperidine rings is 1. The molecule has 2 fully saturated rings. The van der Waals surface area contributed by atoms with E-state index in [2.05, 4.69) is 48.5 Å². The van der Waals surface area contributed by atoms with E-state index in [1.807, 2.05) is 0 Å². The second-order valence-corrected chi connectivity index (χ2v) is 7.48. The molecule has 1 saturated heterocycles. The van der Waals surface area contributed by atoms with Gasteiger partial charge in [-0.2, -0.15) is 0 Å². The molecule has 1 aromatic carbocycles. The van der Waals surface area contributed by atoms with E-state index in [1.54, 1.807) is 0 Å². The van der Waals surface area contributed by atoms with Gasteiger partial charge in [0.1, 0.15) is 0 Å². The van der Waals surface area contributed by atoms with E-state index in [-0.39, 0.29) is 6.04 Å². The molecule has 0 unspecified atom stereocenters. The van der Waals surface area contributed by atoms with Crippen LogP contribution in [0.5, 0.6) is 0 Å². The van der Waals surface area contributed by atoms with Crippen LogP contribution in [-0.2, 0) is 4.79 Å². The molecule has 0 aromatic heterocycles. The number of benzene rings is 1. The highest BCUT2D eigenvalue weighted by Crippen LogP contribution is 2.45. The van der Waals surface area contributed by atoms with Crippen LogP contribution in [0.4, 0.5) is 5.69 Å². The summed E-state index contributed by atoms with van der Waals surface area (Å²) in [5.74, 6) is 2.07. The van der Waals surface area contributed by atoms with E-state index < -0.39 is 0 Å². The molecule has 118 valence electrons. The maximum absolute atomic E-state index is 12.9. The molecule has 4 rings (SSSR count). The van der Waals surface area contributed by atoms with Gasteiger partial charge >= 0.3 is 0 Å². The van der Waals surface area contributed by atoms with Crippen LogP contribution in [0.2, 0.25) is 0 Å². The summed E-state index contributed by atoms with van der Waals surface area (Å²) < 4.78 is 0. The number of hydrogen-bond donors (Lipinski definition) is 1. The number of nitrogens with one attached hydrogen (secondary N) is 1. The van der Waals surface area contributed by atoms with Crippen molar-refractivity contribution in [3.8, 4) is 0 Å². The molecular weight excluding hydrogens is 272 g/mol. The minimum absolute atomic E-state index is 0.00621. The lowest BCUT2D eigenvalue weighted by atomic mass is 9.71. The maximum Gasteiger partial charge on any atom is 0.155 e. The van der Waals surface area contributed by atoms with Crippen LogP contribution in [0, 0.1) is 11.8 Å². The quantitative estimate of drug-likeness (QED) is 0.863. The van der Waals surface area contributed by atoms with Gasteiger partial charge in [0.15, 0.2) is 5.78 Å². The van der Waals surface area contributed by atoms with Crippen LogP contribution in [0.25, 0.3) is 0 Å². The fraction of sp³-hybridized carbons (Fsp3) is 0.632. The Morgan fingerprint density at radius 2 is 2.09 bits per heavy atom. The lowest BCUT2D eigenvalue weighted by molar-refractivity contribution is -0.123. The van der Waals surface area contributed by atoms with Crippen molar-refractivity contribution in [1.29, 1.82) is 0 Å². The van der Waals surface area contributed by atoms with Crippen molar-refractivity contribution in [2.24, 2.45) is 11.8 Å². The topological polar surface area (TPSA) is 32.3 Å². The smallest absolute Gasteiger partial charge is 0.155 e. The van der Waals surface area contributed by atoms with Gasteiger partial charge in [0.25, 0.3) is 0 Å². The van der Waals surface area contributed by atoms with E-state index in [1.165, 1.54) is 24.1 Å². The Kier molecular flexibility index (Phi) is 3.48. The third-order valence-corrected chi connectivity index (χ3v) is 6.32. The van der Waals surface area contributed by atoms with Crippen molar-refractivity contribution in [2.45, 2.75) is 50.6 Å². The van der Waals surface area contributed by atoms with Gasteiger partial charge in [-0.1, -0.05) is 31.5 Å². The summed E-state index contributed by atoms with van der Waals surface area (Å²) in [7, 11) is 2.27. The number of rotatable bonds is 1. The average Bonchev–Trinajstić information content (AvgIpc) is 2.87. The molecule has 1 saturated carbocycles. The van der Waals surface area contributed by atoms with Crippen LogP contribution in [0.15, 0.2) is 24.3 Å². The lowest BCUT2D eigenvalue weighted by Crippen LogP contribution is -2.49. The van der Waals surface area contributed by atoms with Gasteiger partial charge in [-0.15, -0.1) is 0 Å². The first-order valence-corrected chi connectivity index (χ1v) is 8.75. The summed E-state index contributed by atoms with van der Waals surface area (Å²) in [4.78, 5) is 15.4. The van der Waals surface area contributed by atoms with Gasteiger partial charge in [-0.05, 0) is 43.4 Å². The molecule has 3 aliphatic rings. The average molecular weight is 298 g/mol.